The molecule has 3 aromatic rings. The van der Waals surface area contributed by atoms with Gasteiger partial charge in [-0.3, -0.25) is 4.79 Å². The number of rotatable bonds is 3. The highest BCUT2D eigenvalue weighted by Gasteiger charge is 2.17. The van der Waals surface area contributed by atoms with E-state index in [0.717, 1.165) is 22.2 Å². The van der Waals surface area contributed by atoms with Crippen LogP contribution >= 0.6 is 0 Å². The number of aryl methyl sites for hydroxylation is 1. The van der Waals surface area contributed by atoms with Gasteiger partial charge in [-0.1, -0.05) is 18.2 Å². The van der Waals surface area contributed by atoms with Crippen molar-refractivity contribution in [1.82, 2.24) is 9.88 Å². The van der Waals surface area contributed by atoms with E-state index in [4.69, 9.17) is 4.42 Å². The summed E-state index contributed by atoms with van der Waals surface area (Å²) in [5.41, 5.74) is 2.70. The summed E-state index contributed by atoms with van der Waals surface area (Å²) < 4.78 is 5.26. The zero-order chi connectivity index (χ0) is 14.1. The number of aromatic nitrogens is 1. The van der Waals surface area contributed by atoms with Crippen molar-refractivity contribution in [3.63, 3.8) is 0 Å². The van der Waals surface area contributed by atoms with E-state index in [1.54, 1.807) is 24.4 Å². The Bertz CT molecular complexity index is 755. The molecule has 0 spiro atoms. The number of carbonyl (C=O) groups is 1. The number of hydrogen-bond acceptors (Lipinski definition) is 2. The summed E-state index contributed by atoms with van der Waals surface area (Å²) in [7, 11) is 1.80. The van der Waals surface area contributed by atoms with Gasteiger partial charge in [-0.25, -0.2) is 0 Å². The molecule has 4 heteroatoms. The quantitative estimate of drug-likeness (QED) is 0.792. The van der Waals surface area contributed by atoms with Crippen LogP contribution in [0, 0.1) is 6.92 Å². The van der Waals surface area contributed by atoms with Crippen LogP contribution in [0.15, 0.2) is 47.2 Å². The maximum Gasteiger partial charge on any atom is 0.256 e. The first-order chi connectivity index (χ1) is 9.66. The van der Waals surface area contributed by atoms with Crippen molar-refractivity contribution in [3.8, 4) is 0 Å². The van der Waals surface area contributed by atoms with E-state index < -0.39 is 0 Å². The van der Waals surface area contributed by atoms with Gasteiger partial charge < -0.3 is 14.3 Å². The Morgan fingerprint density at radius 2 is 2.10 bits per heavy atom. The lowest BCUT2D eigenvalue weighted by atomic mass is 10.1. The molecule has 0 radical (unpaired) electrons. The number of carbonyl (C=O) groups excluding carboxylic acids is 1. The summed E-state index contributed by atoms with van der Waals surface area (Å²) in [4.78, 5) is 17.4. The molecule has 20 heavy (non-hydrogen) atoms. The molecule has 4 nitrogen and oxygen atoms in total. The summed E-state index contributed by atoms with van der Waals surface area (Å²) in [6, 6.07) is 9.70. The van der Waals surface area contributed by atoms with E-state index in [2.05, 4.69) is 4.98 Å². The summed E-state index contributed by atoms with van der Waals surface area (Å²) >= 11 is 0. The van der Waals surface area contributed by atoms with Gasteiger partial charge in [0.15, 0.2) is 0 Å². The number of benzene rings is 1. The van der Waals surface area contributed by atoms with E-state index in [-0.39, 0.29) is 5.91 Å². The third-order valence-corrected chi connectivity index (χ3v) is 3.54. The summed E-state index contributed by atoms with van der Waals surface area (Å²) in [5.74, 6) is 0.853. The van der Waals surface area contributed by atoms with Crippen molar-refractivity contribution in [2.24, 2.45) is 0 Å². The molecule has 1 aromatic carbocycles. The Hall–Kier alpha value is -2.49. The average molecular weight is 268 g/mol. The second kappa shape index (κ2) is 4.89. The van der Waals surface area contributed by atoms with Gasteiger partial charge in [-0.15, -0.1) is 0 Å². The number of amides is 1. The number of hydrogen-bond donors (Lipinski definition) is 1. The van der Waals surface area contributed by atoms with E-state index in [1.807, 2.05) is 37.3 Å². The van der Waals surface area contributed by atoms with Gasteiger partial charge >= 0.3 is 0 Å². The third-order valence-electron chi connectivity index (χ3n) is 3.54. The monoisotopic (exact) mass is 268 g/mol. The SMILES string of the molecule is Cc1occc1CN(C)C(=O)c1c[nH]c2ccccc12. The molecule has 1 N–H and O–H groups in total. The lowest BCUT2D eigenvalue weighted by Crippen LogP contribution is -2.26. The Morgan fingerprint density at radius 3 is 2.85 bits per heavy atom. The second-order valence-electron chi connectivity index (χ2n) is 4.91. The van der Waals surface area contributed by atoms with Crippen molar-refractivity contribution in [2.75, 3.05) is 7.05 Å². The molecule has 1 amide bonds. The minimum absolute atomic E-state index is 0.00282. The van der Waals surface area contributed by atoms with Gasteiger partial charge in [0.05, 0.1) is 11.8 Å². The second-order valence-corrected chi connectivity index (χ2v) is 4.91. The largest absolute Gasteiger partial charge is 0.469 e. The fourth-order valence-corrected chi connectivity index (χ4v) is 2.36. The van der Waals surface area contributed by atoms with Crippen molar-refractivity contribution >= 4 is 16.8 Å². The van der Waals surface area contributed by atoms with Crippen LogP contribution in [0.3, 0.4) is 0 Å². The molecule has 0 saturated carbocycles. The lowest BCUT2D eigenvalue weighted by Gasteiger charge is -2.16. The first-order valence-electron chi connectivity index (χ1n) is 6.51. The minimum Gasteiger partial charge on any atom is -0.469 e. The van der Waals surface area contributed by atoms with E-state index in [0.29, 0.717) is 12.1 Å². The predicted molar refractivity (Wildman–Crippen MR) is 77.5 cm³/mol. The number of furan rings is 1. The molecule has 2 aromatic heterocycles. The van der Waals surface area contributed by atoms with Crippen LogP contribution in [0.5, 0.6) is 0 Å². The number of fused-ring (bicyclic) bond motifs is 1. The maximum absolute atomic E-state index is 12.5. The molecule has 0 unspecified atom stereocenters. The van der Waals surface area contributed by atoms with Crippen LogP contribution in [0.4, 0.5) is 0 Å². The van der Waals surface area contributed by atoms with Gasteiger partial charge in [0.1, 0.15) is 5.76 Å². The molecule has 2 heterocycles. The highest BCUT2D eigenvalue weighted by molar-refractivity contribution is 6.06. The number of para-hydroxylation sites is 1. The van der Waals surface area contributed by atoms with Gasteiger partial charge in [-0.05, 0) is 19.1 Å². The summed E-state index contributed by atoms with van der Waals surface area (Å²) in [6.07, 6.45) is 3.42. The molecule has 0 saturated heterocycles. The third kappa shape index (κ3) is 2.09. The van der Waals surface area contributed by atoms with Crippen LogP contribution in [-0.4, -0.2) is 22.8 Å². The average Bonchev–Trinajstić information content (AvgIpc) is 3.05. The Labute approximate surface area is 117 Å². The predicted octanol–water partition coefficient (Wildman–Crippen LogP) is 3.34. The Balaban J connectivity index is 1.87. The smallest absolute Gasteiger partial charge is 0.256 e. The van der Waals surface area contributed by atoms with E-state index in [9.17, 15) is 4.79 Å². The van der Waals surface area contributed by atoms with Crippen LogP contribution < -0.4 is 0 Å². The van der Waals surface area contributed by atoms with Crippen LogP contribution in [0.25, 0.3) is 10.9 Å². The topological polar surface area (TPSA) is 49.2 Å². The highest BCUT2D eigenvalue weighted by atomic mass is 16.3. The highest BCUT2D eigenvalue weighted by Crippen LogP contribution is 2.20. The molecule has 0 fully saturated rings. The van der Waals surface area contributed by atoms with Crippen molar-refractivity contribution < 1.29 is 9.21 Å². The van der Waals surface area contributed by atoms with Gasteiger partial charge in [0.25, 0.3) is 5.91 Å². The van der Waals surface area contributed by atoms with Crippen LogP contribution in [0.2, 0.25) is 0 Å². The van der Waals surface area contributed by atoms with E-state index >= 15 is 0 Å². The number of aromatic amines is 1. The Morgan fingerprint density at radius 1 is 1.30 bits per heavy atom. The van der Waals surface area contributed by atoms with Gasteiger partial charge in [-0.2, -0.15) is 0 Å². The lowest BCUT2D eigenvalue weighted by molar-refractivity contribution is 0.0786. The molecular weight excluding hydrogens is 252 g/mol. The Kier molecular flexibility index (Phi) is 3.06. The zero-order valence-electron chi connectivity index (χ0n) is 11.5. The van der Waals surface area contributed by atoms with Gasteiger partial charge in [0, 0.05) is 36.3 Å². The number of nitrogens with zero attached hydrogens (tertiary/aromatic N) is 1. The minimum atomic E-state index is 0.00282. The molecule has 0 atom stereocenters. The first-order valence-corrected chi connectivity index (χ1v) is 6.51. The molecule has 0 aliphatic heterocycles. The summed E-state index contributed by atoms with van der Waals surface area (Å²) in [5, 5.41) is 0.952. The molecule has 0 aliphatic carbocycles. The number of H-pyrrole nitrogens is 1. The first kappa shape index (κ1) is 12.5. The van der Waals surface area contributed by atoms with Crippen molar-refractivity contribution in [1.29, 1.82) is 0 Å². The normalized spacial score (nSPS) is 10.9. The molecule has 0 bridgehead atoms. The molecule has 3 rings (SSSR count). The van der Waals surface area contributed by atoms with Gasteiger partial charge in [0.2, 0.25) is 0 Å². The van der Waals surface area contributed by atoms with Crippen LogP contribution in [0.1, 0.15) is 21.7 Å². The zero-order valence-corrected chi connectivity index (χ0v) is 11.5. The van der Waals surface area contributed by atoms with Crippen molar-refractivity contribution in [3.05, 3.63) is 59.7 Å². The number of nitrogens with one attached hydrogen (secondary N) is 1. The van der Waals surface area contributed by atoms with Crippen molar-refractivity contribution in [2.45, 2.75) is 13.5 Å². The van der Waals surface area contributed by atoms with E-state index in [1.165, 1.54) is 0 Å². The fraction of sp³-hybridized carbons (Fsp3) is 0.188. The maximum atomic E-state index is 12.5. The molecule has 102 valence electrons. The summed E-state index contributed by atoms with van der Waals surface area (Å²) in [6.45, 7) is 2.44. The standard InChI is InChI=1S/C16H16N2O2/c1-11-12(7-8-20-11)10-18(2)16(19)14-9-17-15-6-4-3-5-13(14)15/h3-9,17H,10H2,1-2H3. The van der Waals surface area contributed by atoms with Crippen LogP contribution in [-0.2, 0) is 6.54 Å². The fourth-order valence-electron chi connectivity index (χ4n) is 2.36. The molecule has 0 aliphatic rings. The molecular formula is C16H16N2O2.